The number of aromatic nitrogens is 2. The maximum absolute atomic E-state index is 10.2. The fourth-order valence-corrected chi connectivity index (χ4v) is 3.98. The first-order valence-corrected chi connectivity index (χ1v) is 9.67. The van der Waals surface area contributed by atoms with Gasteiger partial charge < -0.3 is 25.1 Å². The number of rotatable bonds is 5. The fourth-order valence-electron chi connectivity index (χ4n) is 3.98. The molecule has 4 N–H and O–H groups in total. The standard InChI is InChI=1S/C23H26N4O2/c1-13-9-14(2)25-19(13)10-20-23(29-4)17(12-28)22(27-20)21-16(11-24-3)15-7-5-6-8-18(15)26-21/h5-10,24-25,27-28H,11-12H2,1-4H3/b20-10-,22-21?. The molecule has 29 heavy (non-hydrogen) atoms. The highest BCUT2D eigenvalue weighted by atomic mass is 16.5. The summed E-state index contributed by atoms with van der Waals surface area (Å²) < 4.78 is 5.68. The molecule has 1 aliphatic rings. The highest BCUT2D eigenvalue weighted by Gasteiger charge is 2.18. The summed E-state index contributed by atoms with van der Waals surface area (Å²) in [4.78, 5) is 11.7. The normalized spacial score (nSPS) is 15.6. The van der Waals surface area contributed by atoms with E-state index in [1.165, 1.54) is 0 Å². The first-order chi connectivity index (χ1) is 14.1. The van der Waals surface area contributed by atoms with Crippen molar-refractivity contribution < 1.29 is 9.84 Å². The van der Waals surface area contributed by atoms with Crippen LogP contribution in [0.1, 0.15) is 22.5 Å². The van der Waals surface area contributed by atoms with E-state index >= 15 is 0 Å². The lowest BCUT2D eigenvalue weighted by atomic mass is 10.1. The maximum Gasteiger partial charge on any atom is 0.150 e. The minimum Gasteiger partial charge on any atom is -0.494 e. The van der Waals surface area contributed by atoms with Crippen molar-refractivity contribution in [1.29, 1.82) is 0 Å². The molecule has 0 amide bonds. The average molecular weight is 390 g/mol. The number of H-pyrrole nitrogens is 2. The number of ether oxygens (including phenoxy) is 1. The van der Waals surface area contributed by atoms with E-state index in [0.29, 0.717) is 17.9 Å². The Morgan fingerprint density at radius 1 is 1.21 bits per heavy atom. The second kappa shape index (κ2) is 7.73. The molecule has 0 saturated carbocycles. The van der Waals surface area contributed by atoms with Gasteiger partial charge in [0, 0.05) is 34.3 Å². The molecule has 6 heteroatoms. The lowest BCUT2D eigenvalue weighted by Gasteiger charge is -2.04. The van der Waals surface area contributed by atoms with Crippen LogP contribution >= 0.6 is 0 Å². The zero-order chi connectivity index (χ0) is 20.5. The second-order valence-electron chi connectivity index (χ2n) is 7.26. The molecule has 3 heterocycles. The summed E-state index contributed by atoms with van der Waals surface area (Å²) in [5.74, 6) is 0.636. The van der Waals surface area contributed by atoms with E-state index in [2.05, 4.69) is 34.3 Å². The van der Waals surface area contributed by atoms with Crippen molar-refractivity contribution in [3.8, 4) is 5.75 Å². The Balaban J connectivity index is 2.07. The van der Waals surface area contributed by atoms with Gasteiger partial charge in [-0.15, -0.1) is 0 Å². The van der Waals surface area contributed by atoms with Crippen molar-refractivity contribution in [3.63, 3.8) is 0 Å². The number of fused-ring (bicyclic) bond motifs is 1. The Kier molecular flexibility index (Phi) is 5.13. The van der Waals surface area contributed by atoms with Crippen LogP contribution in [0.5, 0.6) is 5.75 Å². The van der Waals surface area contributed by atoms with Crippen LogP contribution in [0.25, 0.3) is 17.3 Å². The van der Waals surface area contributed by atoms with Crippen LogP contribution in [0, 0.1) is 13.8 Å². The van der Waals surface area contributed by atoms with Gasteiger partial charge in [0.2, 0.25) is 0 Å². The molecule has 3 aromatic rings. The molecule has 0 aliphatic carbocycles. The van der Waals surface area contributed by atoms with Crippen molar-refractivity contribution in [2.75, 3.05) is 20.7 Å². The van der Waals surface area contributed by atoms with E-state index in [4.69, 9.17) is 9.73 Å². The summed E-state index contributed by atoms with van der Waals surface area (Å²) in [6.07, 6.45) is 2.02. The van der Waals surface area contributed by atoms with Crippen molar-refractivity contribution >= 4 is 17.3 Å². The topological polar surface area (TPSA) is 85.4 Å². The third kappa shape index (κ3) is 3.30. The predicted octanol–water partition coefficient (Wildman–Crippen LogP) is 0.101. The van der Waals surface area contributed by atoms with Gasteiger partial charge in [-0.3, -0.25) is 0 Å². The smallest absolute Gasteiger partial charge is 0.150 e. The number of hydrogen-bond donors (Lipinski definition) is 4. The Labute approximate surface area is 169 Å². The van der Waals surface area contributed by atoms with Crippen molar-refractivity contribution in [3.05, 3.63) is 74.1 Å². The molecule has 1 aliphatic heterocycles. The molecule has 1 aromatic carbocycles. The van der Waals surface area contributed by atoms with Gasteiger partial charge in [0.15, 0.2) is 0 Å². The third-order valence-corrected chi connectivity index (χ3v) is 5.26. The van der Waals surface area contributed by atoms with Crippen LogP contribution in [-0.2, 0) is 6.61 Å². The van der Waals surface area contributed by atoms with Gasteiger partial charge in [0.25, 0.3) is 0 Å². The van der Waals surface area contributed by atoms with E-state index in [-0.39, 0.29) is 6.61 Å². The molecule has 0 fully saturated rings. The number of benzene rings is 1. The van der Waals surface area contributed by atoms with Crippen LogP contribution in [-0.4, -0.2) is 35.8 Å². The number of methoxy groups -OCH3 is 1. The summed E-state index contributed by atoms with van der Waals surface area (Å²) in [5, 5.41) is 17.0. The first kappa shape index (κ1) is 19.2. The molecule has 150 valence electrons. The second-order valence-corrected chi connectivity index (χ2v) is 7.26. The summed E-state index contributed by atoms with van der Waals surface area (Å²) in [6, 6.07) is 10.2. The number of hydrogen-bond acceptors (Lipinski definition) is 4. The van der Waals surface area contributed by atoms with Gasteiger partial charge in [0.05, 0.1) is 35.5 Å². The van der Waals surface area contributed by atoms with E-state index < -0.39 is 0 Å². The van der Waals surface area contributed by atoms with Gasteiger partial charge >= 0.3 is 0 Å². The minimum absolute atomic E-state index is 0.145. The van der Waals surface area contributed by atoms with Crippen LogP contribution in [0.3, 0.4) is 0 Å². The molecule has 0 bridgehead atoms. The number of aromatic amines is 2. The van der Waals surface area contributed by atoms with Crippen molar-refractivity contribution in [2.45, 2.75) is 20.5 Å². The molecule has 6 nitrogen and oxygen atoms in total. The summed E-state index contributed by atoms with van der Waals surface area (Å²) in [6.45, 7) is 4.63. The van der Waals surface area contributed by atoms with E-state index in [0.717, 1.165) is 49.5 Å². The molecule has 2 aromatic heterocycles. The Bertz CT molecular complexity index is 1310. The lowest BCUT2D eigenvalue weighted by Crippen LogP contribution is -2.26. The Morgan fingerprint density at radius 2 is 2.00 bits per heavy atom. The average Bonchev–Trinajstić information content (AvgIpc) is 3.35. The van der Waals surface area contributed by atoms with Gasteiger partial charge in [-0.25, -0.2) is 4.99 Å². The van der Waals surface area contributed by atoms with Gasteiger partial charge in [-0.05, 0) is 44.7 Å². The van der Waals surface area contributed by atoms with E-state index in [9.17, 15) is 5.11 Å². The van der Waals surface area contributed by atoms with Crippen molar-refractivity contribution in [1.82, 2.24) is 15.3 Å². The molecule has 0 spiro atoms. The van der Waals surface area contributed by atoms with E-state index in [1.54, 1.807) is 7.11 Å². The zero-order valence-electron chi connectivity index (χ0n) is 17.2. The predicted molar refractivity (Wildman–Crippen MR) is 114 cm³/mol. The Morgan fingerprint density at radius 3 is 2.66 bits per heavy atom. The van der Waals surface area contributed by atoms with Gasteiger partial charge in [0.1, 0.15) is 5.75 Å². The molecule has 0 radical (unpaired) electrons. The van der Waals surface area contributed by atoms with Crippen LogP contribution in [0.4, 0.5) is 0 Å². The Hall–Kier alpha value is -3.09. The maximum atomic E-state index is 10.2. The molecule has 0 saturated heterocycles. The molecule has 0 unspecified atom stereocenters. The summed E-state index contributed by atoms with van der Waals surface area (Å²) >= 11 is 0. The number of nitrogens with zero attached hydrogens (tertiary/aromatic N) is 1. The van der Waals surface area contributed by atoms with Gasteiger partial charge in [-0.2, -0.15) is 0 Å². The van der Waals surface area contributed by atoms with Crippen LogP contribution in [0.2, 0.25) is 0 Å². The summed E-state index contributed by atoms with van der Waals surface area (Å²) in [5.41, 5.74) is 5.90. The van der Waals surface area contributed by atoms with Gasteiger partial charge in [-0.1, -0.05) is 18.2 Å². The van der Waals surface area contributed by atoms with Crippen molar-refractivity contribution in [2.24, 2.45) is 4.99 Å². The SMILES string of the molecule is CNCC1=c2ccccc2=NC1=c1[nH]/c(=C\c2[nH]c(C)cc2C)c(OC)c1CO. The number of aliphatic hydroxyl groups excluding tert-OH is 1. The fraction of sp³-hybridized carbons (Fsp3) is 0.261. The number of para-hydroxylation sites is 1. The first-order valence-electron chi connectivity index (χ1n) is 9.67. The van der Waals surface area contributed by atoms with Crippen LogP contribution < -0.4 is 31.3 Å². The summed E-state index contributed by atoms with van der Waals surface area (Å²) in [7, 11) is 3.54. The zero-order valence-corrected chi connectivity index (χ0v) is 17.2. The molecular formula is C23H26N4O2. The largest absolute Gasteiger partial charge is 0.494 e. The highest BCUT2D eigenvalue weighted by molar-refractivity contribution is 5.90. The molecular weight excluding hydrogens is 364 g/mol. The third-order valence-electron chi connectivity index (χ3n) is 5.26. The van der Waals surface area contributed by atoms with Crippen LogP contribution in [0.15, 0.2) is 35.3 Å². The number of nitrogens with one attached hydrogen (secondary N) is 3. The van der Waals surface area contributed by atoms with E-state index in [1.807, 2.05) is 38.2 Å². The monoisotopic (exact) mass is 390 g/mol. The molecule has 0 atom stereocenters. The minimum atomic E-state index is -0.145. The lowest BCUT2D eigenvalue weighted by molar-refractivity contribution is 0.273. The molecule has 4 rings (SSSR count). The number of aryl methyl sites for hydroxylation is 2. The quantitative estimate of drug-likeness (QED) is 0.499. The number of aliphatic hydroxyl groups is 1. The highest BCUT2D eigenvalue weighted by Crippen LogP contribution is 2.17.